The predicted molar refractivity (Wildman–Crippen MR) is 62.0 cm³/mol. The first-order valence-corrected chi connectivity index (χ1v) is 6.20. The van der Waals surface area contributed by atoms with Gasteiger partial charge in [-0.2, -0.15) is 11.8 Å². The SMILES string of the molecule is CCN(CC)CCSCC(=O)COC. The van der Waals surface area contributed by atoms with Gasteiger partial charge in [-0.1, -0.05) is 13.8 Å². The van der Waals surface area contributed by atoms with Crippen molar-refractivity contribution in [3.05, 3.63) is 0 Å². The number of carbonyl (C=O) groups excluding carboxylic acids is 1. The van der Waals surface area contributed by atoms with Gasteiger partial charge in [-0.15, -0.1) is 0 Å². The molecule has 0 radical (unpaired) electrons. The molecule has 0 aliphatic heterocycles. The molecular weight excluding hydrogens is 198 g/mol. The van der Waals surface area contributed by atoms with Crippen LogP contribution in [0.5, 0.6) is 0 Å². The van der Waals surface area contributed by atoms with Gasteiger partial charge < -0.3 is 9.64 Å². The van der Waals surface area contributed by atoms with Crippen LogP contribution in [0.3, 0.4) is 0 Å². The first-order chi connectivity index (χ1) is 6.74. The Kier molecular flexibility index (Phi) is 9.45. The number of rotatable bonds is 9. The Morgan fingerprint density at radius 3 is 2.50 bits per heavy atom. The van der Waals surface area contributed by atoms with Crippen LogP contribution in [0.15, 0.2) is 0 Å². The van der Waals surface area contributed by atoms with E-state index in [1.165, 1.54) is 0 Å². The number of thioether (sulfide) groups is 1. The van der Waals surface area contributed by atoms with Crippen LogP contribution in [-0.2, 0) is 9.53 Å². The molecule has 0 aromatic heterocycles. The van der Waals surface area contributed by atoms with Crippen molar-refractivity contribution in [2.24, 2.45) is 0 Å². The van der Waals surface area contributed by atoms with E-state index in [0.29, 0.717) is 5.75 Å². The van der Waals surface area contributed by atoms with Crippen molar-refractivity contribution in [1.82, 2.24) is 4.90 Å². The molecule has 0 aromatic carbocycles. The fourth-order valence-electron chi connectivity index (χ4n) is 1.12. The fourth-order valence-corrected chi connectivity index (χ4v) is 1.96. The molecule has 0 bridgehead atoms. The molecule has 0 fully saturated rings. The predicted octanol–water partition coefficient (Wildman–Crippen LogP) is 1.28. The molecule has 84 valence electrons. The van der Waals surface area contributed by atoms with Crippen LogP contribution in [0, 0.1) is 0 Å². The molecule has 0 amide bonds. The second kappa shape index (κ2) is 9.49. The molecule has 14 heavy (non-hydrogen) atoms. The second-order valence-electron chi connectivity index (χ2n) is 3.05. The van der Waals surface area contributed by atoms with Gasteiger partial charge in [0.2, 0.25) is 0 Å². The highest BCUT2D eigenvalue weighted by molar-refractivity contribution is 7.99. The molecule has 0 aromatic rings. The highest BCUT2D eigenvalue weighted by Gasteiger charge is 2.02. The number of Topliss-reactive ketones (excluding diaryl/α,β-unsaturated/α-hetero) is 1. The van der Waals surface area contributed by atoms with E-state index >= 15 is 0 Å². The third-order valence-corrected chi connectivity index (χ3v) is 3.01. The Balaban J connectivity index is 3.32. The molecule has 4 heteroatoms. The molecule has 0 N–H and O–H groups in total. The van der Waals surface area contributed by atoms with Gasteiger partial charge in [-0.25, -0.2) is 0 Å². The van der Waals surface area contributed by atoms with Gasteiger partial charge in [0, 0.05) is 19.4 Å². The molecule has 0 aliphatic carbocycles. The molecule has 0 atom stereocenters. The summed E-state index contributed by atoms with van der Waals surface area (Å²) in [4.78, 5) is 13.4. The Labute approximate surface area is 91.2 Å². The molecule has 0 heterocycles. The van der Waals surface area contributed by atoms with Gasteiger partial charge in [0.05, 0.1) is 5.75 Å². The first-order valence-electron chi connectivity index (χ1n) is 5.05. The quantitative estimate of drug-likeness (QED) is 0.546. The molecule has 0 saturated carbocycles. The topological polar surface area (TPSA) is 29.5 Å². The van der Waals surface area contributed by atoms with Crippen LogP contribution in [0.4, 0.5) is 0 Å². The van der Waals surface area contributed by atoms with Gasteiger partial charge in [0.15, 0.2) is 5.78 Å². The zero-order valence-corrected chi connectivity index (χ0v) is 10.2. The van der Waals surface area contributed by atoms with Gasteiger partial charge in [-0.3, -0.25) is 4.79 Å². The summed E-state index contributed by atoms with van der Waals surface area (Å²) in [5.41, 5.74) is 0. The Hall–Kier alpha value is -0.0600. The number of nitrogens with zero attached hydrogens (tertiary/aromatic N) is 1. The van der Waals surface area contributed by atoms with Crippen molar-refractivity contribution in [3.63, 3.8) is 0 Å². The van der Waals surface area contributed by atoms with Crippen molar-refractivity contribution in [3.8, 4) is 0 Å². The zero-order chi connectivity index (χ0) is 10.8. The molecule has 0 rings (SSSR count). The van der Waals surface area contributed by atoms with E-state index in [9.17, 15) is 4.79 Å². The molecule has 0 unspecified atom stereocenters. The van der Waals surface area contributed by atoms with Crippen LogP contribution in [0.25, 0.3) is 0 Å². The molecule has 0 saturated heterocycles. The minimum atomic E-state index is 0.178. The number of ether oxygens (including phenoxy) is 1. The average Bonchev–Trinajstić information content (AvgIpc) is 2.19. The minimum Gasteiger partial charge on any atom is -0.377 e. The van der Waals surface area contributed by atoms with E-state index in [2.05, 4.69) is 18.7 Å². The lowest BCUT2D eigenvalue weighted by molar-refractivity contribution is -0.120. The average molecular weight is 219 g/mol. The fraction of sp³-hybridized carbons (Fsp3) is 0.900. The van der Waals surface area contributed by atoms with Crippen LogP contribution < -0.4 is 0 Å². The number of hydrogen-bond donors (Lipinski definition) is 0. The van der Waals surface area contributed by atoms with E-state index in [1.807, 2.05) is 0 Å². The van der Waals surface area contributed by atoms with E-state index in [4.69, 9.17) is 4.74 Å². The van der Waals surface area contributed by atoms with Crippen molar-refractivity contribution in [2.45, 2.75) is 13.8 Å². The number of hydrogen-bond acceptors (Lipinski definition) is 4. The Morgan fingerprint density at radius 2 is 2.00 bits per heavy atom. The van der Waals surface area contributed by atoms with Crippen molar-refractivity contribution in [1.29, 1.82) is 0 Å². The highest BCUT2D eigenvalue weighted by Crippen LogP contribution is 2.01. The standard InChI is InChI=1S/C10H21NO2S/c1-4-11(5-2)6-7-14-9-10(12)8-13-3/h4-9H2,1-3H3. The number of carbonyl (C=O) groups is 1. The number of ketones is 1. The summed E-state index contributed by atoms with van der Waals surface area (Å²) in [5, 5.41) is 0. The summed E-state index contributed by atoms with van der Waals surface area (Å²) in [6.07, 6.45) is 0. The van der Waals surface area contributed by atoms with E-state index in [-0.39, 0.29) is 12.4 Å². The Morgan fingerprint density at radius 1 is 1.36 bits per heavy atom. The maximum Gasteiger partial charge on any atom is 0.168 e. The Bertz CT molecular complexity index is 149. The highest BCUT2D eigenvalue weighted by atomic mass is 32.2. The monoisotopic (exact) mass is 219 g/mol. The van der Waals surface area contributed by atoms with Gasteiger partial charge in [-0.05, 0) is 13.1 Å². The molecule has 0 spiro atoms. The lowest BCUT2D eigenvalue weighted by atomic mass is 10.5. The summed E-state index contributed by atoms with van der Waals surface area (Å²) in [5.74, 6) is 1.78. The van der Waals surface area contributed by atoms with Crippen molar-refractivity contribution < 1.29 is 9.53 Å². The van der Waals surface area contributed by atoms with Gasteiger partial charge in [0.25, 0.3) is 0 Å². The largest absolute Gasteiger partial charge is 0.377 e. The van der Waals surface area contributed by atoms with E-state index < -0.39 is 0 Å². The normalized spacial score (nSPS) is 10.9. The van der Waals surface area contributed by atoms with Crippen LogP contribution in [-0.4, -0.2) is 55.5 Å². The van der Waals surface area contributed by atoms with E-state index in [0.717, 1.165) is 25.4 Å². The van der Waals surface area contributed by atoms with Gasteiger partial charge in [0.1, 0.15) is 6.61 Å². The third-order valence-electron chi connectivity index (χ3n) is 2.01. The lowest BCUT2D eigenvalue weighted by Crippen LogP contribution is -2.25. The summed E-state index contributed by atoms with van der Waals surface area (Å²) in [7, 11) is 1.55. The van der Waals surface area contributed by atoms with Crippen LogP contribution in [0.2, 0.25) is 0 Å². The summed E-state index contributed by atoms with van der Waals surface area (Å²) in [6, 6.07) is 0. The number of methoxy groups -OCH3 is 1. The van der Waals surface area contributed by atoms with Gasteiger partial charge >= 0.3 is 0 Å². The smallest absolute Gasteiger partial charge is 0.168 e. The lowest BCUT2D eigenvalue weighted by Gasteiger charge is -2.16. The molecule has 0 aliphatic rings. The van der Waals surface area contributed by atoms with Crippen LogP contribution in [0.1, 0.15) is 13.8 Å². The summed E-state index contributed by atoms with van der Waals surface area (Å²) in [6.45, 7) is 7.80. The van der Waals surface area contributed by atoms with E-state index in [1.54, 1.807) is 18.9 Å². The van der Waals surface area contributed by atoms with Crippen molar-refractivity contribution in [2.75, 3.05) is 44.9 Å². The van der Waals surface area contributed by atoms with Crippen molar-refractivity contribution >= 4 is 17.5 Å². The summed E-state index contributed by atoms with van der Waals surface area (Å²) < 4.78 is 4.75. The maximum absolute atomic E-state index is 11.1. The molecular formula is C10H21NO2S. The third kappa shape index (κ3) is 7.35. The maximum atomic E-state index is 11.1. The first kappa shape index (κ1) is 13.9. The second-order valence-corrected chi connectivity index (χ2v) is 4.16. The minimum absolute atomic E-state index is 0.178. The van der Waals surface area contributed by atoms with Crippen LogP contribution >= 0.6 is 11.8 Å². The zero-order valence-electron chi connectivity index (χ0n) is 9.41. The summed E-state index contributed by atoms with van der Waals surface area (Å²) >= 11 is 1.69. The molecule has 3 nitrogen and oxygen atoms in total.